The lowest BCUT2D eigenvalue weighted by atomic mass is 10.1. The fraction of sp³-hybridized carbons (Fsp3) is 0.125. The third-order valence-corrected chi connectivity index (χ3v) is 6.94. The number of hydrogen-bond acceptors (Lipinski definition) is 3. The number of nitrogens with zero attached hydrogens (tertiary/aromatic N) is 4. The van der Waals surface area contributed by atoms with E-state index in [1.165, 1.54) is 0 Å². The molecular formula is C24H17BrCl2N4O. The van der Waals surface area contributed by atoms with E-state index in [4.69, 9.17) is 28.2 Å². The van der Waals surface area contributed by atoms with E-state index in [0.29, 0.717) is 32.4 Å². The van der Waals surface area contributed by atoms with Gasteiger partial charge in [0.05, 0.1) is 22.6 Å². The van der Waals surface area contributed by atoms with Gasteiger partial charge in [0.2, 0.25) is 0 Å². The average molecular weight is 528 g/mol. The summed E-state index contributed by atoms with van der Waals surface area (Å²) >= 11 is 15.9. The Bertz CT molecular complexity index is 1530. The van der Waals surface area contributed by atoms with Gasteiger partial charge in [-0.3, -0.25) is 14.1 Å². The van der Waals surface area contributed by atoms with E-state index in [1.54, 1.807) is 27.5 Å². The number of fused-ring (bicyclic) bond motifs is 3. The highest BCUT2D eigenvalue weighted by molar-refractivity contribution is 9.10. The maximum atomic E-state index is 13.8. The maximum absolute atomic E-state index is 13.8. The third kappa shape index (κ3) is 3.52. The summed E-state index contributed by atoms with van der Waals surface area (Å²) in [5.74, 6) is 0. The number of pyridine rings is 2. The van der Waals surface area contributed by atoms with Crippen molar-refractivity contribution in [2.24, 2.45) is 0 Å². The molecule has 0 fully saturated rings. The van der Waals surface area contributed by atoms with Crippen LogP contribution in [-0.4, -0.2) is 19.1 Å². The van der Waals surface area contributed by atoms with Crippen molar-refractivity contribution >= 4 is 61.2 Å². The second-order valence-electron chi connectivity index (χ2n) is 7.55. The number of hydrogen-bond donors (Lipinski definition) is 0. The first-order chi connectivity index (χ1) is 15.5. The molecule has 1 atom stereocenters. The topological polar surface area (TPSA) is 52.7 Å². The van der Waals surface area contributed by atoms with E-state index < -0.39 is 0 Å². The molecule has 0 aliphatic heterocycles. The minimum atomic E-state index is -0.213. The molecule has 3 aromatic heterocycles. The van der Waals surface area contributed by atoms with E-state index in [-0.39, 0.29) is 11.7 Å². The highest BCUT2D eigenvalue weighted by atomic mass is 79.9. The molecule has 0 aliphatic carbocycles. The van der Waals surface area contributed by atoms with Crippen LogP contribution in [0.4, 0.5) is 0 Å². The van der Waals surface area contributed by atoms with Crippen molar-refractivity contribution in [2.45, 2.75) is 19.5 Å². The van der Waals surface area contributed by atoms with Crippen molar-refractivity contribution in [3.63, 3.8) is 0 Å². The van der Waals surface area contributed by atoms with Crippen LogP contribution in [0.3, 0.4) is 0 Å². The molecule has 0 saturated heterocycles. The van der Waals surface area contributed by atoms with Crippen LogP contribution in [-0.2, 0) is 6.54 Å². The quantitative estimate of drug-likeness (QED) is 0.251. The molecule has 5 nitrogen and oxygen atoms in total. The van der Waals surface area contributed by atoms with E-state index in [1.807, 2.05) is 55.5 Å². The summed E-state index contributed by atoms with van der Waals surface area (Å²) in [4.78, 5) is 23.2. The zero-order chi connectivity index (χ0) is 22.4. The van der Waals surface area contributed by atoms with Crippen LogP contribution in [0.5, 0.6) is 0 Å². The molecule has 32 heavy (non-hydrogen) atoms. The van der Waals surface area contributed by atoms with Gasteiger partial charge in [-0.25, -0.2) is 9.78 Å². The van der Waals surface area contributed by atoms with Gasteiger partial charge in [-0.1, -0.05) is 59.6 Å². The molecule has 0 spiro atoms. The normalized spacial score (nSPS) is 12.5. The van der Waals surface area contributed by atoms with Gasteiger partial charge in [-0.15, -0.1) is 0 Å². The van der Waals surface area contributed by atoms with Gasteiger partial charge in [-0.2, -0.15) is 0 Å². The van der Waals surface area contributed by atoms with Crippen LogP contribution in [0.1, 0.15) is 24.1 Å². The molecule has 0 N–H and O–H groups in total. The van der Waals surface area contributed by atoms with Crippen LogP contribution < -0.4 is 5.69 Å². The minimum Gasteiger partial charge on any atom is -0.281 e. The van der Waals surface area contributed by atoms with Crippen LogP contribution in [0.15, 0.2) is 76.3 Å². The summed E-state index contributed by atoms with van der Waals surface area (Å²) in [6.45, 7) is 2.31. The zero-order valence-corrected chi connectivity index (χ0v) is 20.1. The summed E-state index contributed by atoms with van der Waals surface area (Å²) in [7, 11) is 0. The highest BCUT2D eigenvalue weighted by Gasteiger charge is 2.24. The molecule has 2 aromatic carbocycles. The van der Waals surface area contributed by atoms with Gasteiger partial charge in [0.15, 0.2) is 5.65 Å². The van der Waals surface area contributed by atoms with Gasteiger partial charge in [-0.05, 0) is 58.2 Å². The van der Waals surface area contributed by atoms with Crippen molar-refractivity contribution < 1.29 is 0 Å². The van der Waals surface area contributed by atoms with Crippen LogP contribution in [0.25, 0.3) is 22.1 Å². The second-order valence-corrected chi connectivity index (χ2v) is 9.11. The maximum Gasteiger partial charge on any atom is 0.331 e. The van der Waals surface area contributed by atoms with Crippen molar-refractivity contribution in [3.8, 4) is 0 Å². The number of aromatic nitrogens is 4. The van der Waals surface area contributed by atoms with E-state index in [0.717, 1.165) is 22.0 Å². The first-order valence-electron chi connectivity index (χ1n) is 9.99. The van der Waals surface area contributed by atoms with E-state index in [2.05, 4.69) is 20.9 Å². The number of imidazole rings is 1. The van der Waals surface area contributed by atoms with Crippen LogP contribution in [0, 0.1) is 0 Å². The van der Waals surface area contributed by atoms with E-state index in [9.17, 15) is 4.79 Å². The summed E-state index contributed by atoms with van der Waals surface area (Å²) in [6, 6.07) is 18.9. The molecule has 0 unspecified atom stereocenters. The van der Waals surface area contributed by atoms with Gasteiger partial charge in [0.25, 0.3) is 0 Å². The number of rotatable bonds is 4. The van der Waals surface area contributed by atoms with Gasteiger partial charge in [0.1, 0.15) is 15.6 Å². The fourth-order valence-corrected chi connectivity index (χ4v) is 4.81. The van der Waals surface area contributed by atoms with E-state index >= 15 is 0 Å². The van der Waals surface area contributed by atoms with Crippen molar-refractivity contribution in [1.82, 2.24) is 19.1 Å². The molecule has 0 saturated carbocycles. The Balaban J connectivity index is 1.82. The van der Waals surface area contributed by atoms with Gasteiger partial charge >= 0.3 is 5.69 Å². The smallest absolute Gasteiger partial charge is 0.281 e. The van der Waals surface area contributed by atoms with Crippen molar-refractivity contribution in [2.75, 3.05) is 0 Å². The van der Waals surface area contributed by atoms with Crippen molar-refractivity contribution in [1.29, 1.82) is 0 Å². The SMILES string of the molecule is C[C@H](c1ccccc1)n1c(=O)n(Cc2ccc(Cl)c(Cl)c2)c2nc(Br)c3cccnc3c21. The lowest BCUT2D eigenvalue weighted by Gasteiger charge is -2.14. The van der Waals surface area contributed by atoms with Crippen LogP contribution in [0.2, 0.25) is 10.0 Å². The Kier molecular flexibility index (Phi) is 5.53. The Morgan fingerprint density at radius 1 is 1.03 bits per heavy atom. The summed E-state index contributed by atoms with van der Waals surface area (Å²) in [5, 5.41) is 1.76. The first kappa shape index (κ1) is 21.2. The molecule has 8 heteroatoms. The Labute approximate surface area is 202 Å². The van der Waals surface area contributed by atoms with Gasteiger partial charge in [0, 0.05) is 11.6 Å². The van der Waals surface area contributed by atoms with Crippen molar-refractivity contribution in [3.05, 3.63) is 103 Å². The highest BCUT2D eigenvalue weighted by Crippen LogP contribution is 2.31. The fourth-order valence-electron chi connectivity index (χ4n) is 4.00. The van der Waals surface area contributed by atoms with Crippen LogP contribution >= 0.6 is 39.1 Å². The second kappa shape index (κ2) is 8.35. The lowest BCUT2D eigenvalue weighted by Crippen LogP contribution is -2.27. The molecule has 0 radical (unpaired) electrons. The number of benzene rings is 2. The summed E-state index contributed by atoms with van der Waals surface area (Å²) in [6.07, 6.45) is 1.73. The summed E-state index contributed by atoms with van der Waals surface area (Å²) in [5.41, 5.74) is 3.69. The molecule has 160 valence electrons. The standard InChI is InChI=1S/C24H17BrCl2N4O/c1-14(16-6-3-2-4-7-16)31-21-20-17(8-5-11-28-20)22(25)29-23(21)30(24(31)32)13-15-9-10-18(26)19(27)12-15/h2-12,14H,13H2,1H3/t14-/m1/s1. The minimum absolute atomic E-state index is 0.167. The lowest BCUT2D eigenvalue weighted by molar-refractivity contribution is 0.606. The van der Waals surface area contributed by atoms with Gasteiger partial charge < -0.3 is 0 Å². The molecule has 0 aliphatic rings. The molecule has 0 amide bonds. The molecule has 0 bridgehead atoms. The average Bonchev–Trinajstić information content (AvgIpc) is 3.08. The zero-order valence-electron chi connectivity index (χ0n) is 17.0. The molecule has 3 heterocycles. The largest absolute Gasteiger partial charge is 0.331 e. The predicted octanol–water partition coefficient (Wildman–Crippen LogP) is 6.47. The first-order valence-corrected chi connectivity index (χ1v) is 11.5. The summed E-state index contributed by atoms with van der Waals surface area (Å²) < 4.78 is 4.07. The number of halogens is 3. The Morgan fingerprint density at radius 3 is 2.56 bits per heavy atom. The monoisotopic (exact) mass is 526 g/mol. The molecule has 5 rings (SSSR count). The predicted molar refractivity (Wildman–Crippen MR) is 133 cm³/mol. The molecule has 5 aromatic rings. The Morgan fingerprint density at radius 2 is 1.81 bits per heavy atom. The molecular weight excluding hydrogens is 511 g/mol. The third-order valence-electron chi connectivity index (χ3n) is 5.60. The Hall–Kier alpha value is -2.67.